The Morgan fingerprint density at radius 1 is 1.26 bits per heavy atom. The summed E-state index contributed by atoms with van der Waals surface area (Å²) < 4.78 is 22.9. The van der Waals surface area contributed by atoms with E-state index in [0.717, 1.165) is 5.56 Å². The zero-order valence-corrected chi connectivity index (χ0v) is 13.6. The Morgan fingerprint density at radius 2 is 2.00 bits per heavy atom. The second-order valence-electron chi connectivity index (χ2n) is 6.27. The lowest BCUT2D eigenvalue weighted by molar-refractivity contribution is -0.129. The molecule has 0 spiro atoms. The Hall–Kier alpha value is -1.89. The first-order valence-corrected chi connectivity index (χ1v) is 9.57. The fourth-order valence-electron chi connectivity index (χ4n) is 3.13. The summed E-state index contributed by atoms with van der Waals surface area (Å²) >= 11 is 0. The van der Waals surface area contributed by atoms with Crippen LogP contribution in [0, 0.1) is 5.92 Å². The third-order valence-corrected chi connectivity index (χ3v) is 6.15. The van der Waals surface area contributed by atoms with Gasteiger partial charge in [-0.05, 0) is 12.0 Å². The van der Waals surface area contributed by atoms with Crippen LogP contribution in [0.5, 0.6) is 0 Å². The van der Waals surface area contributed by atoms with Crippen LogP contribution in [0.1, 0.15) is 18.4 Å². The predicted octanol–water partition coefficient (Wildman–Crippen LogP) is 0.338. The molecule has 2 amide bonds. The average Bonchev–Trinajstić information content (AvgIpc) is 3.03. The summed E-state index contributed by atoms with van der Waals surface area (Å²) in [6.45, 7) is 0.889. The van der Waals surface area contributed by atoms with Crippen LogP contribution in [-0.2, 0) is 26.0 Å². The molecule has 2 aliphatic heterocycles. The molecule has 2 fully saturated rings. The van der Waals surface area contributed by atoms with Crippen LogP contribution in [0.15, 0.2) is 30.3 Å². The van der Waals surface area contributed by atoms with E-state index in [2.05, 4.69) is 5.32 Å². The van der Waals surface area contributed by atoms with Crippen LogP contribution in [0.25, 0.3) is 0 Å². The molecule has 1 N–H and O–H groups in total. The number of nitrogens with one attached hydrogen (secondary N) is 1. The molecule has 0 aliphatic carbocycles. The lowest BCUT2D eigenvalue weighted by Crippen LogP contribution is -2.40. The second kappa shape index (κ2) is 6.31. The van der Waals surface area contributed by atoms with Crippen molar-refractivity contribution in [3.8, 4) is 0 Å². The first-order valence-electron chi connectivity index (χ1n) is 7.75. The topological polar surface area (TPSA) is 83.5 Å². The summed E-state index contributed by atoms with van der Waals surface area (Å²) in [6.07, 6.45) is 0.653. The van der Waals surface area contributed by atoms with Crippen molar-refractivity contribution in [3.63, 3.8) is 0 Å². The molecule has 2 atom stereocenters. The zero-order valence-electron chi connectivity index (χ0n) is 12.8. The van der Waals surface area contributed by atoms with Gasteiger partial charge < -0.3 is 10.2 Å². The molecular formula is C16H20N2O4S. The van der Waals surface area contributed by atoms with Gasteiger partial charge in [-0.2, -0.15) is 0 Å². The smallest absolute Gasteiger partial charge is 0.225 e. The van der Waals surface area contributed by atoms with Gasteiger partial charge >= 0.3 is 0 Å². The minimum absolute atomic E-state index is 0.00708. The molecule has 124 valence electrons. The molecule has 1 aromatic rings. The number of nitrogens with zero attached hydrogens (tertiary/aromatic N) is 1. The van der Waals surface area contributed by atoms with Crippen molar-refractivity contribution in [2.45, 2.75) is 25.4 Å². The first kappa shape index (κ1) is 16.0. The van der Waals surface area contributed by atoms with Crippen LogP contribution in [-0.4, -0.2) is 49.2 Å². The van der Waals surface area contributed by atoms with Crippen molar-refractivity contribution in [2.24, 2.45) is 5.92 Å². The van der Waals surface area contributed by atoms with E-state index in [9.17, 15) is 18.0 Å². The number of carbonyl (C=O) groups excluding carboxylic acids is 2. The largest absolute Gasteiger partial charge is 0.352 e. The third-order valence-electron chi connectivity index (χ3n) is 4.38. The maximum absolute atomic E-state index is 12.3. The Balaban J connectivity index is 1.56. The third kappa shape index (κ3) is 3.90. The molecule has 7 heteroatoms. The second-order valence-corrected chi connectivity index (χ2v) is 8.50. The standard InChI is InChI=1S/C16H20N2O4S/c19-15-8-13(10-18(15)9-12-4-2-1-3-5-12)16(20)17-14-6-7-23(21,22)11-14/h1-5,13-14H,6-11H2,(H,17,20). The van der Waals surface area contributed by atoms with Gasteiger partial charge in [-0.25, -0.2) is 8.42 Å². The van der Waals surface area contributed by atoms with Crippen molar-refractivity contribution in [1.82, 2.24) is 10.2 Å². The minimum Gasteiger partial charge on any atom is -0.352 e. The number of carbonyl (C=O) groups is 2. The first-order chi connectivity index (χ1) is 10.9. The fourth-order valence-corrected chi connectivity index (χ4v) is 4.81. The highest BCUT2D eigenvalue weighted by molar-refractivity contribution is 7.91. The molecule has 0 aromatic heterocycles. The molecular weight excluding hydrogens is 316 g/mol. The molecule has 0 bridgehead atoms. The van der Waals surface area contributed by atoms with E-state index in [0.29, 0.717) is 19.5 Å². The Kier molecular flexibility index (Phi) is 4.39. The van der Waals surface area contributed by atoms with Crippen molar-refractivity contribution in [1.29, 1.82) is 0 Å². The van der Waals surface area contributed by atoms with Crippen molar-refractivity contribution in [3.05, 3.63) is 35.9 Å². The monoisotopic (exact) mass is 336 g/mol. The van der Waals surface area contributed by atoms with Crippen LogP contribution < -0.4 is 5.32 Å². The van der Waals surface area contributed by atoms with Gasteiger partial charge in [0.15, 0.2) is 9.84 Å². The van der Waals surface area contributed by atoms with Crippen LogP contribution in [0.3, 0.4) is 0 Å². The van der Waals surface area contributed by atoms with E-state index >= 15 is 0 Å². The summed E-state index contributed by atoms with van der Waals surface area (Å²) in [4.78, 5) is 26.0. The van der Waals surface area contributed by atoms with E-state index < -0.39 is 15.8 Å². The summed E-state index contributed by atoms with van der Waals surface area (Å²) in [5, 5.41) is 2.78. The van der Waals surface area contributed by atoms with E-state index in [1.165, 1.54) is 0 Å². The number of likely N-dealkylation sites (tertiary alicyclic amines) is 1. The number of hydrogen-bond donors (Lipinski definition) is 1. The lowest BCUT2D eigenvalue weighted by Gasteiger charge is -2.17. The average molecular weight is 336 g/mol. The number of hydrogen-bond acceptors (Lipinski definition) is 4. The molecule has 2 aliphatic rings. The quantitative estimate of drug-likeness (QED) is 0.859. The van der Waals surface area contributed by atoms with Gasteiger partial charge in [0.25, 0.3) is 0 Å². The van der Waals surface area contributed by atoms with Crippen molar-refractivity contribution >= 4 is 21.7 Å². The number of benzene rings is 1. The Morgan fingerprint density at radius 3 is 2.65 bits per heavy atom. The number of sulfone groups is 1. The fraction of sp³-hybridized carbons (Fsp3) is 0.500. The van der Waals surface area contributed by atoms with Crippen LogP contribution >= 0.6 is 0 Å². The van der Waals surface area contributed by atoms with Gasteiger partial charge in [-0.3, -0.25) is 9.59 Å². The van der Waals surface area contributed by atoms with E-state index in [1.807, 2.05) is 30.3 Å². The van der Waals surface area contributed by atoms with Crippen molar-refractivity contribution < 1.29 is 18.0 Å². The minimum atomic E-state index is -3.02. The van der Waals surface area contributed by atoms with E-state index in [4.69, 9.17) is 0 Å². The SMILES string of the molecule is O=C(NC1CCS(=O)(=O)C1)C1CC(=O)N(Cc2ccccc2)C1. The molecule has 2 heterocycles. The molecule has 0 radical (unpaired) electrons. The molecule has 0 saturated carbocycles. The summed E-state index contributed by atoms with van der Waals surface area (Å²) in [6, 6.07) is 9.34. The molecule has 23 heavy (non-hydrogen) atoms. The molecule has 2 unspecified atom stereocenters. The lowest BCUT2D eigenvalue weighted by atomic mass is 10.1. The van der Waals surface area contributed by atoms with Gasteiger partial charge in [0.1, 0.15) is 0 Å². The maximum Gasteiger partial charge on any atom is 0.225 e. The van der Waals surface area contributed by atoms with E-state index in [1.54, 1.807) is 4.90 Å². The number of rotatable bonds is 4. The van der Waals surface area contributed by atoms with Crippen LogP contribution in [0.2, 0.25) is 0 Å². The van der Waals surface area contributed by atoms with E-state index in [-0.39, 0.29) is 35.8 Å². The van der Waals surface area contributed by atoms with Crippen molar-refractivity contribution in [2.75, 3.05) is 18.1 Å². The van der Waals surface area contributed by atoms with Gasteiger partial charge in [0.2, 0.25) is 11.8 Å². The van der Waals surface area contributed by atoms with Gasteiger partial charge in [0.05, 0.1) is 17.4 Å². The predicted molar refractivity (Wildman–Crippen MR) is 85.2 cm³/mol. The number of amides is 2. The highest BCUT2D eigenvalue weighted by atomic mass is 32.2. The Bertz CT molecular complexity index is 702. The zero-order chi connectivity index (χ0) is 16.4. The Labute approximate surface area is 135 Å². The highest BCUT2D eigenvalue weighted by Crippen LogP contribution is 2.21. The molecule has 1 aromatic carbocycles. The summed E-state index contributed by atoms with van der Waals surface area (Å²) in [7, 11) is -3.02. The molecule has 6 nitrogen and oxygen atoms in total. The summed E-state index contributed by atoms with van der Waals surface area (Å²) in [5.74, 6) is -0.506. The molecule has 2 saturated heterocycles. The normalized spacial score (nSPS) is 26.4. The van der Waals surface area contributed by atoms with Gasteiger partial charge in [0, 0.05) is 25.6 Å². The maximum atomic E-state index is 12.3. The summed E-state index contributed by atoms with van der Waals surface area (Å²) in [5.41, 5.74) is 1.03. The van der Waals surface area contributed by atoms with Crippen LogP contribution in [0.4, 0.5) is 0 Å². The molecule has 3 rings (SSSR count). The van der Waals surface area contributed by atoms with Gasteiger partial charge in [-0.15, -0.1) is 0 Å². The van der Waals surface area contributed by atoms with Gasteiger partial charge in [-0.1, -0.05) is 30.3 Å². The highest BCUT2D eigenvalue weighted by Gasteiger charge is 2.36.